The van der Waals surface area contributed by atoms with Gasteiger partial charge in [-0.25, -0.2) is 9.97 Å². The Hall–Kier alpha value is -2.51. The molecule has 174 valence electrons. The maximum absolute atomic E-state index is 13.4. The summed E-state index contributed by atoms with van der Waals surface area (Å²) in [6.45, 7) is 7.06. The predicted molar refractivity (Wildman–Crippen MR) is 120 cm³/mol. The van der Waals surface area contributed by atoms with Gasteiger partial charge in [-0.05, 0) is 58.3 Å². The highest BCUT2D eigenvalue weighted by Crippen LogP contribution is 2.32. The van der Waals surface area contributed by atoms with Gasteiger partial charge in [0, 0.05) is 51.8 Å². The lowest BCUT2D eigenvalue weighted by molar-refractivity contribution is -0.143. The van der Waals surface area contributed by atoms with E-state index in [4.69, 9.17) is 4.98 Å². The van der Waals surface area contributed by atoms with Crippen LogP contribution in [-0.2, 0) is 9.59 Å². The van der Waals surface area contributed by atoms with Crippen LogP contribution in [0.25, 0.3) is 0 Å². The molecule has 0 radical (unpaired) electrons. The van der Waals surface area contributed by atoms with Crippen molar-refractivity contribution in [3.63, 3.8) is 0 Å². The molecule has 1 aromatic rings. The van der Waals surface area contributed by atoms with Crippen LogP contribution in [0.5, 0.6) is 0 Å². The minimum absolute atomic E-state index is 0.0163. The van der Waals surface area contributed by atoms with Crippen LogP contribution in [-0.4, -0.2) is 75.1 Å². The summed E-state index contributed by atoms with van der Waals surface area (Å²) in [5.74, 6) is 0.851. The summed E-state index contributed by atoms with van der Waals surface area (Å²) in [4.78, 5) is 52.9. The summed E-state index contributed by atoms with van der Waals surface area (Å²) < 4.78 is 0. The van der Waals surface area contributed by atoms with E-state index in [1.807, 2.05) is 21.6 Å². The van der Waals surface area contributed by atoms with Crippen molar-refractivity contribution in [3.8, 4) is 0 Å². The average Bonchev–Trinajstić information content (AvgIpc) is 2.83. The lowest BCUT2D eigenvalue weighted by atomic mass is 9.92. The van der Waals surface area contributed by atoms with Gasteiger partial charge in [0.25, 0.3) is 5.91 Å². The van der Waals surface area contributed by atoms with Crippen molar-refractivity contribution < 1.29 is 14.4 Å². The smallest absolute Gasteiger partial charge is 0.257 e. The lowest BCUT2D eigenvalue weighted by Crippen LogP contribution is -2.46. The molecule has 0 aromatic carbocycles. The Morgan fingerprint density at radius 1 is 0.875 bits per heavy atom. The zero-order valence-corrected chi connectivity index (χ0v) is 19.4. The molecule has 32 heavy (non-hydrogen) atoms. The van der Waals surface area contributed by atoms with Crippen molar-refractivity contribution in [2.75, 3.05) is 32.7 Å². The molecule has 0 bridgehead atoms. The van der Waals surface area contributed by atoms with Gasteiger partial charge >= 0.3 is 0 Å². The molecule has 0 N–H and O–H groups in total. The maximum Gasteiger partial charge on any atom is 0.257 e. The Morgan fingerprint density at radius 3 is 2.22 bits per heavy atom. The van der Waals surface area contributed by atoms with E-state index in [1.54, 1.807) is 13.1 Å². The molecule has 3 aliphatic rings. The number of hydrogen-bond donors (Lipinski definition) is 0. The van der Waals surface area contributed by atoms with E-state index < -0.39 is 0 Å². The number of aromatic nitrogens is 2. The van der Waals surface area contributed by atoms with Gasteiger partial charge in [-0.2, -0.15) is 0 Å². The Balaban J connectivity index is 1.47. The van der Waals surface area contributed by atoms with Crippen LogP contribution < -0.4 is 0 Å². The Labute approximate surface area is 190 Å². The molecule has 4 rings (SSSR count). The molecule has 3 aliphatic heterocycles. The van der Waals surface area contributed by atoms with Gasteiger partial charge in [0.1, 0.15) is 0 Å². The first-order valence-corrected chi connectivity index (χ1v) is 12.1. The molecular formula is C24H35N5O3. The number of rotatable bonds is 3. The van der Waals surface area contributed by atoms with E-state index in [9.17, 15) is 14.4 Å². The quantitative estimate of drug-likeness (QED) is 0.720. The van der Waals surface area contributed by atoms with Crippen LogP contribution in [0, 0.1) is 12.8 Å². The molecule has 0 spiro atoms. The van der Waals surface area contributed by atoms with Gasteiger partial charge in [-0.1, -0.05) is 0 Å². The van der Waals surface area contributed by atoms with Gasteiger partial charge < -0.3 is 14.7 Å². The zero-order chi connectivity index (χ0) is 22.7. The summed E-state index contributed by atoms with van der Waals surface area (Å²) in [5.41, 5.74) is 1.26. The fourth-order valence-electron chi connectivity index (χ4n) is 5.26. The molecule has 1 atom stereocenters. The van der Waals surface area contributed by atoms with Crippen molar-refractivity contribution in [1.29, 1.82) is 0 Å². The van der Waals surface area contributed by atoms with Gasteiger partial charge in [-0.3, -0.25) is 14.4 Å². The summed E-state index contributed by atoms with van der Waals surface area (Å²) in [5, 5.41) is 0. The summed E-state index contributed by atoms with van der Waals surface area (Å²) in [6.07, 6.45) is 9.23. The van der Waals surface area contributed by atoms with E-state index in [1.165, 1.54) is 6.42 Å². The molecule has 3 amide bonds. The Morgan fingerprint density at radius 2 is 1.56 bits per heavy atom. The van der Waals surface area contributed by atoms with Crippen LogP contribution in [0.4, 0.5) is 0 Å². The van der Waals surface area contributed by atoms with Gasteiger partial charge in [0.2, 0.25) is 11.8 Å². The topological polar surface area (TPSA) is 86.7 Å². The molecule has 4 heterocycles. The van der Waals surface area contributed by atoms with Gasteiger partial charge in [0.05, 0.1) is 17.3 Å². The second kappa shape index (κ2) is 9.96. The van der Waals surface area contributed by atoms with Crippen LogP contribution in [0.1, 0.15) is 86.2 Å². The number of nitrogens with zero attached hydrogens (tertiary/aromatic N) is 5. The Bertz CT molecular complexity index is 859. The first kappa shape index (κ1) is 22.7. The first-order chi connectivity index (χ1) is 15.5. The minimum atomic E-state index is -0.139. The number of aryl methyl sites for hydroxylation is 1. The lowest BCUT2D eigenvalue weighted by Gasteiger charge is -2.39. The van der Waals surface area contributed by atoms with Crippen LogP contribution >= 0.6 is 0 Å². The first-order valence-electron chi connectivity index (χ1n) is 12.1. The molecule has 3 fully saturated rings. The normalized spacial score (nSPS) is 22.7. The van der Waals surface area contributed by atoms with Crippen molar-refractivity contribution in [2.24, 2.45) is 5.92 Å². The number of carbonyl (C=O) groups is 3. The third-order valence-corrected chi connectivity index (χ3v) is 7.25. The molecule has 8 nitrogen and oxygen atoms in total. The highest BCUT2D eigenvalue weighted by atomic mass is 16.2. The molecule has 8 heteroatoms. The van der Waals surface area contributed by atoms with E-state index in [0.717, 1.165) is 45.2 Å². The summed E-state index contributed by atoms with van der Waals surface area (Å²) >= 11 is 0. The summed E-state index contributed by atoms with van der Waals surface area (Å²) in [7, 11) is 0. The molecule has 3 saturated heterocycles. The Kier molecular flexibility index (Phi) is 7.06. The molecule has 0 saturated carbocycles. The van der Waals surface area contributed by atoms with E-state index in [-0.39, 0.29) is 29.7 Å². The third kappa shape index (κ3) is 4.79. The number of hydrogen-bond acceptors (Lipinski definition) is 5. The SMILES string of the molecule is CC(=O)N1CCC(C(=O)N2CCCC[C@H]2c2ncc(C(=O)N3CCCCC3)c(C)n2)CC1. The predicted octanol–water partition coefficient (Wildman–Crippen LogP) is 2.72. The number of piperidine rings is 3. The zero-order valence-electron chi connectivity index (χ0n) is 19.4. The number of carbonyl (C=O) groups excluding carboxylic acids is 3. The minimum Gasteiger partial charge on any atom is -0.343 e. The highest BCUT2D eigenvalue weighted by molar-refractivity contribution is 5.95. The number of likely N-dealkylation sites (tertiary alicyclic amines) is 3. The number of amides is 3. The fraction of sp³-hybridized carbons (Fsp3) is 0.708. The van der Waals surface area contributed by atoms with Crippen LogP contribution in [0.3, 0.4) is 0 Å². The van der Waals surface area contributed by atoms with Gasteiger partial charge in [0.15, 0.2) is 5.82 Å². The summed E-state index contributed by atoms with van der Waals surface area (Å²) in [6, 6.07) is -0.139. The van der Waals surface area contributed by atoms with Crippen molar-refractivity contribution in [2.45, 2.75) is 71.3 Å². The fourth-order valence-corrected chi connectivity index (χ4v) is 5.26. The highest BCUT2D eigenvalue weighted by Gasteiger charge is 2.36. The van der Waals surface area contributed by atoms with E-state index in [0.29, 0.717) is 49.6 Å². The standard InChI is InChI=1S/C24H35N5O3/c1-17-20(24(32)28-11-5-3-6-12-28)16-25-22(26-17)21-8-4-7-13-29(21)23(31)19-9-14-27(15-10-19)18(2)30/h16,19,21H,3-15H2,1-2H3/t21-/m0/s1. The van der Waals surface area contributed by atoms with Crippen LogP contribution in [0.2, 0.25) is 0 Å². The largest absolute Gasteiger partial charge is 0.343 e. The van der Waals surface area contributed by atoms with Gasteiger partial charge in [-0.15, -0.1) is 0 Å². The molecule has 0 unspecified atom stereocenters. The maximum atomic E-state index is 13.4. The molecule has 1 aromatic heterocycles. The van der Waals surface area contributed by atoms with E-state index in [2.05, 4.69) is 4.98 Å². The second-order valence-electron chi connectivity index (χ2n) is 9.40. The van der Waals surface area contributed by atoms with E-state index >= 15 is 0 Å². The van der Waals surface area contributed by atoms with Crippen molar-refractivity contribution >= 4 is 17.7 Å². The van der Waals surface area contributed by atoms with Crippen molar-refractivity contribution in [3.05, 3.63) is 23.3 Å². The van der Waals surface area contributed by atoms with Crippen molar-refractivity contribution in [1.82, 2.24) is 24.7 Å². The monoisotopic (exact) mass is 441 g/mol. The third-order valence-electron chi connectivity index (χ3n) is 7.25. The molecule has 0 aliphatic carbocycles. The van der Waals surface area contributed by atoms with Crippen LogP contribution in [0.15, 0.2) is 6.20 Å². The average molecular weight is 442 g/mol. The second-order valence-corrected chi connectivity index (χ2v) is 9.40. The molecular weight excluding hydrogens is 406 g/mol.